The van der Waals surface area contributed by atoms with Crippen molar-refractivity contribution in [1.82, 2.24) is 19.9 Å². The van der Waals surface area contributed by atoms with Gasteiger partial charge in [0.2, 0.25) is 10.6 Å². The van der Waals surface area contributed by atoms with Crippen LogP contribution in [0.3, 0.4) is 0 Å². The molecule has 0 unspecified atom stereocenters. The molecule has 0 aliphatic heterocycles. The first-order valence-electron chi connectivity index (χ1n) is 17.2. The lowest BCUT2D eigenvalue weighted by Crippen LogP contribution is -2.41. The van der Waals surface area contributed by atoms with Crippen LogP contribution in [0.15, 0.2) is 48.8 Å². The van der Waals surface area contributed by atoms with E-state index in [4.69, 9.17) is 40.5 Å². The topological polar surface area (TPSA) is 191 Å². The largest absolute Gasteiger partial charge is 0.383 e. The molecule has 6 rings (SSSR count). The minimum Gasteiger partial charge on any atom is -0.383 e. The number of aryl methyl sites for hydroxylation is 4. The number of hydrogen-bond acceptors (Lipinski definition) is 10. The third-order valence-electron chi connectivity index (χ3n) is 9.23. The van der Waals surface area contributed by atoms with Crippen LogP contribution < -0.4 is 33.0 Å². The lowest BCUT2D eigenvalue weighted by atomic mass is 10.1. The van der Waals surface area contributed by atoms with Gasteiger partial charge in [-0.05, 0) is 111 Å². The number of nitrogens with zero attached hydrogens (tertiary/aromatic N) is 5. The number of aromatic nitrogens is 4. The fourth-order valence-electron chi connectivity index (χ4n) is 6.24. The second-order valence-corrected chi connectivity index (χ2v) is 13.7. The maximum absolute atomic E-state index is 12.9. The predicted octanol–water partition coefficient (Wildman–Crippen LogP) is 7.76. The third-order valence-corrected chi connectivity index (χ3v) is 9.59. The summed E-state index contributed by atoms with van der Waals surface area (Å²) in [4.78, 5) is 40.7. The van der Waals surface area contributed by atoms with Crippen molar-refractivity contribution in [3.8, 4) is 0 Å². The molecule has 2 aliphatic rings. The van der Waals surface area contributed by atoms with Gasteiger partial charge < -0.3 is 22.1 Å². The smallest absolute Gasteiger partial charge is 0.261 e. The van der Waals surface area contributed by atoms with Crippen molar-refractivity contribution >= 4 is 70.4 Å². The lowest BCUT2D eigenvalue weighted by molar-refractivity contribution is 0.101. The summed E-state index contributed by atoms with van der Waals surface area (Å²) < 4.78 is 0. The van der Waals surface area contributed by atoms with Crippen LogP contribution in [-0.2, 0) is 0 Å². The molecule has 280 valence electrons. The van der Waals surface area contributed by atoms with Crippen LogP contribution in [0.4, 0.5) is 23.0 Å². The zero-order chi connectivity index (χ0) is 37.1. The summed E-state index contributed by atoms with van der Waals surface area (Å²) in [5, 5.41) is 7.43. The van der Waals surface area contributed by atoms with E-state index in [1.54, 1.807) is 5.01 Å². The molecule has 0 radical (unpaired) electrons. The summed E-state index contributed by atoms with van der Waals surface area (Å²) in [6.07, 6.45) is 12.6. The molecular formula is C37H49Cl3N10O2. The quantitative estimate of drug-likeness (QED) is 0.0705. The van der Waals surface area contributed by atoms with Gasteiger partial charge in [-0.15, -0.1) is 12.4 Å². The summed E-state index contributed by atoms with van der Waals surface area (Å²) in [6, 6.07) is 11.8. The first-order chi connectivity index (χ1) is 24.4. The normalized spacial score (nSPS) is 13.9. The van der Waals surface area contributed by atoms with E-state index in [1.807, 2.05) is 64.1 Å². The monoisotopic (exact) mass is 770 g/mol. The number of para-hydroxylation sites is 2. The molecule has 0 atom stereocenters. The van der Waals surface area contributed by atoms with Gasteiger partial charge in [-0.2, -0.15) is 4.98 Å². The molecule has 4 aromatic rings. The molecule has 8 N–H and O–H groups in total. The number of carbonyl (C=O) groups is 2. The van der Waals surface area contributed by atoms with Crippen molar-refractivity contribution in [2.24, 2.45) is 17.5 Å². The Labute approximate surface area is 322 Å². The fraction of sp³-hybridized carbons (Fsp3) is 0.405. The Kier molecular flexibility index (Phi) is 16.5. The maximum Gasteiger partial charge on any atom is 0.261 e. The summed E-state index contributed by atoms with van der Waals surface area (Å²) >= 11 is 11.5. The first kappa shape index (κ1) is 42.3. The summed E-state index contributed by atoms with van der Waals surface area (Å²) in [6.45, 7) is 8.67. The van der Waals surface area contributed by atoms with Crippen molar-refractivity contribution in [3.05, 3.63) is 92.7 Å². The van der Waals surface area contributed by atoms with E-state index < -0.39 is 0 Å². The number of hydrogen-bond donors (Lipinski definition) is 5. The number of nitrogen functional groups attached to an aromatic ring is 1. The standard InChI is InChI=1S/C18H22ClN5O.C13H13ClN4O.C6H13N.ClH/c1-11-6-5-7-12(2)15(11)22-17(25)14-10-21-18(19)23-16(14)24(20)13-8-3-4-9-13;1-7-4-3-5-8(2)10(7)17-12(19)9-6-16-13(14)18-11(9)15;7-5-6-3-1-2-4-6;/h5-7,10,13H,3-4,8-9,20H2,1-2H3,(H,22,25);3-6H,1-2H3,(H,17,19)(H2,15,16,18);6H,1-5,7H2;1H. The minimum atomic E-state index is -0.355. The average molecular weight is 772 g/mol. The second-order valence-electron chi connectivity index (χ2n) is 13.0. The van der Waals surface area contributed by atoms with Gasteiger partial charge in [0, 0.05) is 29.8 Å². The Bertz CT molecular complexity index is 1770. The van der Waals surface area contributed by atoms with Crippen molar-refractivity contribution in [2.75, 3.05) is 27.9 Å². The van der Waals surface area contributed by atoms with Crippen LogP contribution in [0.2, 0.25) is 10.6 Å². The zero-order valence-electron chi connectivity index (χ0n) is 30.1. The predicted molar refractivity (Wildman–Crippen MR) is 213 cm³/mol. The molecule has 2 fully saturated rings. The number of anilines is 4. The highest BCUT2D eigenvalue weighted by molar-refractivity contribution is 6.28. The Morgan fingerprint density at radius 2 is 1.17 bits per heavy atom. The van der Waals surface area contributed by atoms with Crippen LogP contribution >= 0.6 is 35.6 Å². The molecule has 0 saturated heterocycles. The number of carbonyl (C=O) groups excluding carboxylic acids is 2. The first-order valence-corrected chi connectivity index (χ1v) is 17.9. The van der Waals surface area contributed by atoms with Gasteiger partial charge in [-0.25, -0.2) is 20.8 Å². The fourth-order valence-corrected chi connectivity index (χ4v) is 6.51. The van der Waals surface area contributed by atoms with E-state index >= 15 is 0 Å². The molecule has 2 aromatic heterocycles. The van der Waals surface area contributed by atoms with Crippen LogP contribution in [0.25, 0.3) is 0 Å². The minimum absolute atomic E-state index is 0. The summed E-state index contributed by atoms with van der Waals surface area (Å²) in [5.41, 5.74) is 17.1. The van der Waals surface area contributed by atoms with Crippen LogP contribution in [0.5, 0.6) is 0 Å². The molecule has 2 aliphatic carbocycles. The van der Waals surface area contributed by atoms with Crippen LogP contribution in [-0.4, -0.2) is 44.3 Å². The lowest BCUT2D eigenvalue weighted by Gasteiger charge is -2.26. The van der Waals surface area contributed by atoms with E-state index in [0.717, 1.165) is 71.8 Å². The van der Waals surface area contributed by atoms with Crippen LogP contribution in [0.1, 0.15) is 94.3 Å². The molecule has 12 nitrogen and oxygen atoms in total. The summed E-state index contributed by atoms with van der Waals surface area (Å²) in [7, 11) is 0. The van der Waals surface area contributed by atoms with Crippen molar-refractivity contribution in [1.29, 1.82) is 0 Å². The number of hydrazine groups is 1. The van der Waals surface area contributed by atoms with E-state index in [-0.39, 0.29) is 52.2 Å². The number of halogens is 3. The second kappa shape index (κ2) is 20.2. The van der Waals surface area contributed by atoms with Crippen molar-refractivity contribution in [3.63, 3.8) is 0 Å². The molecule has 0 spiro atoms. The Hall–Kier alpha value is -4.07. The molecule has 2 aromatic carbocycles. The molecule has 2 amide bonds. The van der Waals surface area contributed by atoms with Gasteiger partial charge in [-0.3, -0.25) is 14.6 Å². The van der Waals surface area contributed by atoms with Gasteiger partial charge in [-0.1, -0.05) is 62.1 Å². The van der Waals surface area contributed by atoms with E-state index in [1.165, 1.54) is 38.1 Å². The Morgan fingerprint density at radius 3 is 1.62 bits per heavy atom. The maximum atomic E-state index is 12.9. The van der Waals surface area contributed by atoms with E-state index in [0.29, 0.717) is 11.4 Å². The number of rotatable bonds is 7. The Morgan fingerprint density at radius 1 is 0.750 bits per heavy atom. The van der Waals surface area contributed by atoms with Gasteiger partial charge in [0.05, 0.1) is 0 Å². The van der Waals surface area contributed by atoms with Gasteiger partial charge in [0.1, 0.15) is 16.9 Å². The molecule has 2 heterocycles. The molecule has 2 saturated carbocycles. The highest BCUT2D eigenvalue weighted by Gasteiger charge is 2.26. The van der Waals surface area contributed by atoms with Crippen molar-refractivity contribution < 1.29 is 9.59 Å². The molecule has 52 heavy (non-hydrogen) atoms. The van der Waals surface area contributed by atoms with E-state index in [9.17, 15) is 9.59 Å². The van der Waals surface area contributed by atoms with E-state index in [2.05, 4.69) is 30.6 Å². The highest BCUT2D eigenvalue weighted by Crippen LogP contribution is 2.29. The SMILES string of the molecule is Cc1cccc(C)c1NC(=O)c1cnc(Cl)nc1N.Cc1cccc(C)c1NC(=O)c1cnc(Cl)nc1N(N)C1CCCC1.Cl.NCC1CCCC1. The summed E-state index contributed by atoms with van der Waals surface area (Å²) in [5.74, 6) is 6.92. The zero-order valence-corrected chi connectivity index (χ0v) is 32.4. The third kappa shape index (κ3) is 11.5. The van der Waals surface area contributed by atoms with Crippen molar-refractivity contribution in [2.45, 2.75) is 85.1 Å². The van der Waals surface area contributed by atoms with Gasteiger partial charge >= 0.3 is 0 Å². The number of nitrogens with two attached hydrogens (primary N) is 3. The number of amides is 2. The molecule has 15 heteroatoms. The average Bonchev–Trinajstić information content (AvgIpc) is 3.84. The molecule has 0 bridgehead atoms. The van der Waals surface area contributed by atoms with Crippen LogP contribution in [0, 0.1) is 33.6 Å². The number of benzene rings is 2. The number of nitrogens with one attached hydrogen (secondary N) is 2. The van der Waals surface area contributed by atoms with Gasteiger partial charge in [0.15, 0.2) is 5.82 Å². The van der Waals surface area contributed by atoms with Gasteiger partial charge in [0.25, 0.3) is 11.8 Å². The highest BCUT2D eigenvalue weighted by atomic mass is 35.5. The Balaban J connectivity index is 0.000000238. The molecular weight excluding hydrogens is 723 g/mol.